The fraction of sp³-hybridized carbons (Fsp3) is 0.375. The standard InChI is InChI=1S/C32H34N4O5/c1-3-41-26-13-11-25(12-14-26)36-30(39)32(29(38)33-31(36)40,16-22-9-7-21(2)8-10-22)20-34-17-23-15-24(19-34)27-5-4-6-28(37)35(27)18-23/h4-14,23-24H,3,15-20H2,1-2H3,(H,33,38,40)/t23-,24+,32-/m0/s1. The maximum Gasteiger partial charge on any atom is 0.335 e. The number of pyridine rings is 1. The number of amides is 4. The van der Waals surface area contributed by atoms with Gasteiger partial charge in [0.05, 0.1) is 12.3 Å². The molecule has 3 aliphatic heterocycles. The summed E-state index contributed by atoms with van der Waals surface area (Å²) in [5.74, 6) is -0.143. The molecule has 1 aromatic heterocycles. The van der Waals surface area contributed by atoms with Crippen LogP contribution in [-0.2, 0) is 22.6 Å². The van der Waals surface area contributed by atoms with Crippen LogP contribution >= 0.6 is 0 Å². The van der Waals surface area contributed by atoms with Crippen molar-refractivity contribution >= 4 is 23.5 Å². The molecule has 3 aromatic rings. The Bertz CT molecular complexity index is 1550. The number of hydrogen-bond donors (Lipinski definition) is 1. The Morgan fingerprint density at radius 2 is 1.68 bits per heavy atom. The van der Waals surface area contributed by atoms with Gasteiger partial charge >= 0.3 is 6.03 Å². The number of piperidine rings is 1. The Morgan fingerprint density at radius 1 is 0.927 bits per heavy atom. The molecular formula is C32H34N4O5. The maximum atomic E-state index is 14.5. The number of aromatic nitrogens is 1. The van der Waals surface area contributed by atoms with Crippen LogP contribution in [0.25, 0.3) is 0 Å². The Labute approximate surface area is 238 Å². The monoisotopic (exact) mass is 554 g/mol. The molecule has 0 saturated carbocycles. The number of urea groups is 1. The lowest BCUT2D eigenvalue weighted by Gasteiger charge is -2.47. The van der Waals surface area contributed by atoms with Crippen molar-refractivity contribution in [2.24, 2.45) is 11.3 Å². The van der Waals surface area contributed by atoms with Gasteiger partial charge in [0.25, 0.3) is 11.5 Å². The van der Waals surface area contributed by atoms with Crippen molar-refractivity contribution in [3.63, 3.8) is 0 Å². The predicted octanol–water partition coefficient (Wildman–Crippen LogP) is 3.49. The van der Waals surface area contributed by atoms with Crippen molar-refractivity contribution < 1.29 is 19.1 Å². The minimum atomic E-state index is -1.52. The predicted molar refractivity (Wildman–Crippen MR) is 154 cm³/mol. The average Bonchev–Trinajstić information content (AvgIpc) is 2.95. The van der Waals surface area contributed by atoms with Crippen molar-refractivity contribution in [2.75, 3.05) is 31.1 Å². The highest BCUT2D eigenvalue weighted by Crippen LogP contribution is 2.39. The molecule has 6 rings (SSSR count). The summed E-state index contributed by atoms with van der Waals surface area (Å²) < 4.78 is 7.40. The van der Waals surface area contributed by atoms with Gasteiger partial charge in [0.2, 0.25) is 5.91 Å². The SMILES string of the molecule is CCOc1ccc(N2C(=O)NC(=O)[C@](Cc3ccc(C)cc3)(CN3C[C@@H]4C[C@H](C3)c3cccc(=O)n3C4)C2=O)cc1. The lowest BCUT2D eigenvalue weighted by Crippen LogP contribution is -2.68. The number of carbonyl (C=O) groups excluding carboxylic acids is 3. The summed E-state index contributed by atoms with van der Waals surface area (Å²) in [5, 5.41) is 2.51. The molecule has 9 nitrogen and oxygen atoms in total. The normalized spacial score (nSPS) is 24.1. The summed E-state index contributed by atoms with van der Waals surface area (Å²) in [4.78, 5) is 57.2. The minimum absolute atomic E-state index is 0.00726. The average molecular weight is 555 g/mol. The second-order valence-corrected chi connectivity index (χ2v) is 11.5. The Hall–Kier alpha value is -4.24. The van der Waals surface area contributed by atoms with Gasteiger partial charge in [0.1, 0.15) is 11.2 Å². The highest BCUT2D eigenvalue weighted by Gasteiger charge is 2.55. The maximum absolute atomic E-state index is 14.5. The number of fused-ring (bicyclic) bond motifs is 4. The van der Waals surface area contributed by atoms with E-state index >= 15 is 0 Å². The zero-order valence-electron chi connectivity index (χ0n) is 23.3. The van der Waals surface area contributed by atoms with Gasteiger partial charge in [-0.25, -0.2) is 9.69 Å². The van der Waals surface area contributed by atoms with Crippen LogP contribution in [0.4, 0.5) is 10.5 Å². The third kappa shape index (κ3) is 4.95. The summed E-state index contributed by atoms with van der Waals surface area (Å²) in [5.41, 5.74) is 1.77. The van der Waals surface area contributed by atoms with E-state index in [1.807, 2.05) is 48.7 Å². The molecule has 0 spiro atoms. The number of rotatable bonds is 7. The van der Waals surface area contributed by atoms with Gasteiger partial charge in [0.15, 0.2) is 0 Å². The van der Waals surface area contributed by atoms with Crippen LogP contribution in [0, 0.1) is 18.3 Å². The molecule has 0 radical (unpaired) electrons. The molecule has 41 heavy (non-hydrogen) atoms. The number of imide groups is 2. The lowest BCUT2D eigenvalue weighted by atomic mass is 9.75. The zero-order chi connectivity index (χ0) is 28.7. The smallest absolute Gasteiger partial charge is 0.335 e. The summed E-state index contributed by atoms with van der Waals surface area (Å²) in [6.45, 7) is 6.41. The second kappa shape index (κ2) is 10.6. The Kier molecular flexibility index (Phi) is 6.99. The van der Waals surface area contributed by atoms with Gasteiger partial charge in [-0.05, 0) is 68.5 Å². The first-order valence-corrected chi connectivity index (χ1v) is 14.2. The number of barbiturate groups is 1. The fourth-order valence-corrected chi connectivity index (χ4v) is 6.68. The van der Waals surface area contributed by atoms with Crippen molar-refractivity contribution in [2.45, 2.75) is 39.2 Å². The van der Waals surface area contributed by atoms with Gasteiger partial charge in [-0.3, -0.25) is 19.7 Å². The van der Waals surface area contributed by atoms with E-state index in [9.17, 15) is 19.2 Å². The first kappa shape index (κ1) is 27.0. The van der Waals surface area contributed by atoms with E-state index in [2.05, 4.69) is 10.2 Å². The molecule has 4 amide bonds. The molecule has 4 heterocycles. The number of nitrogens with zero attached hydrogens (tertiary/aromatic N) is 3. The van der Waals surface area contributed by atoms with Crippen LogP contribution in [-0.4, -0.2) is 53.6 Å². The van der Waals surface area contributed by atoms with E-state index in [0.717, 1.165) is 28.1 Å². The van der Waals surface area contributed by atoms with Gasteiger partial charge in [-0.2, -0.15) is 0 Å². The molecule has 2 bridgehead atoms. The highest BCUT2D eigenvalue weighted by atomic mass is 16.5. The van der Waals surface area contributed by atoms with Gasteiger partial charge < -0.3 is 14.2 Å². The minimum Gasteiger partial charge on any atom is -0.494 e. The third-order valence-electron chi connectivity index (χ3n) is 8.55. The van der Waals surface area contributed by atoms with Crippen LogP contribution in [0.1, 0.15) is 36.1 Å². The van der Waals surface area contributed by atoms with E-state index in [1.165, 1.54) is 0 Å². The second-order valence-electron chi connectivity index (χ2n) is 11.5. The number of ether oxygens (including phenoxy) is 1. The van der Waals surface area contributed by atoms with Crippen molar-refractivity contribution in [1.82, 2.24) is 14.8 Å². The topological polar surface area (TPSA) is 101 Å². The largest absolute Gasteiger partial charge is 0.494 e. The molecule has 0 unspecified atom stereocenters. The Morgan fingerprint density at radius 3 is 2.41 bits per heavy atom. The molecule has 3 aliphatic rings. The Balaban J connectivity index is 1.36. The zero-order valence-corrected chi connectivity index (χ0v) is 23.3. The van der Waals surface area contributed by atoms with Crippen molar-refractivity contribution in [3.05, 3.63) is 93.9 Å². The van der Waals surface area contributed by atoms with Crippen LogP contribution in [0.15, 0.2) is 71.5 Å². The van der Waals surface area contributed by atoms with E-state index in [1.54, 1.807) is 36.4 Å². The lowest BCUT2D eigenvalue weighted by molar-refractivity contribution is -0.144. The van der Waals surface area contributed by atoms with Crippen LogP contribution in [0.2, 0.25) is 0 Å². The number of anilines is 1. The van der Waals surface area contributed by atoms with Crippen LogP contribution < -0.4 is 20.5 Å². The molecule has 2 saturated heterocycles. The molecule has 212 valence electrons. The first-order valence-electron chi connectivity index (χ1n) is 14.2. The van der Waals surface area contributed by atoms with E-state index in [0.29, 0.717) is 37.7 Å². The number of benzene rings is 2. The quantitative estimate of drug-likeness (QED) is 0.449. The first-order chi connectivity index (χ1) is 19.8. The van der Waals surface area contributed by atoms with Gasteiger partial charge in [-0.15, -0.1) is 0 Å². The molecule has 3 atom stereocenters. The van der Waals surface area contributed by atoms with E-state index in [4.69, 9.17) is 4.74 Å². The summed E-state index contributed by atoms with van der Waals surface area (Å²) in [7, 11) is 0. The number of hydrogen-bond acceptors (Lipinski definition) is 6. The fourth-order valence-electron chi connectivity index (χ4n) is 6.68. The number of likely N-dealkylation sites (tertiary alicyclic amines) is 1. The molecule has 2 fully saturated rings. The molecule has 9 heteroatoms. The van der Waals surface area contributed by atoms with Crippen molar-refractivity contribution in [3.8, 4) is 5.75 Å². The molecular weight excluding hydrogens is 520 g/mol. The highest BCUT2D eigenvalue weighted by molar-refractivity contribution is 6.30. The summed E-state index contributed by atoms with van der Waals surface area (Å²) >= 11 is 0. The van der Waals surface area contributed by atoms with Gasteiger partial charge in [0, 0.05) is 43.9 Å². The van der Waals surface area contributed by atoms with Crippen molar-refractivity contribution in [1.29, 1.82) is 0 Å². The number of nitrogens with one attached hydrogen (secondary N) is 1. The number of aryl methyl sites for hydroxylation is 1. The molecule has 0 aliphatic carbocycles. The van der Waals surface area contributed by atoms with Crippen LogP contribution in [0.3, 0.4) is 0 Å². The number of carbonyl (C=O) groups is 3. The van der Waals surface area contributed by atoms with E-state index in [-0.39, 0.29) is 30.4 Å². The summed E-state index contributed by atoms with van der Waals surface area (Å²) in [6.07, 6.45) is 1.11. The van der Waals surface area contributed by atoms with E-state index < -0.39 is 23.3 Å². The molecule has 1 N–H and O–H groups in total. The van der Waals surface area contributed by atoms with Crippen LogP contribution in [0.5, 0.6) is 5.75 Å². The molecule has 2 aromatic carbocycles. The van der Waals surface area contributed by atoms with Gasteiger partial charge in [-0.1, -0.05) is 35.9 Å². The third-order valence-corrected chi connectivity index (χ3v) is 8.55. The summed E-state index contributed by atoms with van der Waals surface area (Å²) in [6, 6.07) is 19.2.